The van der Waals surface area contributed by atoms with Crippen molar-refractivity contribution in [3.8, 4) is 0 Å². The number of hydrogen-bond donors (Lipinski definition) is 2. The van der Waals surface area contributed by atoms with E-state index in [1.165, 1.54) is 25.9 Å². The molecule has 0 aromatic heterocycles. The number of benzene rings is 3. The molecule has 2 N–H and O–H groups in total. The van der Waals surface area contributed by atoms with E-state index in [1.807, 2.05) is 18.2 Å². The van der Waals surface area contributed by atoms with Crippen molar-refractivity contribution in [3.63, 3.8) is 0 Å². The summed E-state index contributed by atoms with van der Waals surface area (Å²) in [6, 6.07) is 17.8. The van der Waals surface area contributed by atoms with Crippen LogP contribution in [-0.4, -0.2) is 63.1 Å². The lowest BCUT2D eigenvalue weighted by Crippen LogP contribution is -2.52. The van der Waals surface area contributed by atoms with Crippen LogP contribution in [0.4, 0.5) is 11.4 Å². The van der Waals surface area contributed by atoms with E-state index in [0.717, 1.165) is 41.7 Å². The Morgan fingerprint density at radius 2 is 1.52 bits per heavy atom. The number of nitrogens with zero attached hydrogens (tertiary/aromatic N) is 2. The number of rotatable bonds is 7. The first-order valence-corrected chi connectivity index (χ1v) is 15.7. The average Bonchev–Trinajstić information content (AvgIpc) is 2.96. The zero-order valence-electron chi connectivity index (χ0n) is 24.2. The number of anilines is 2. The Hall–Kier alpha value is -2.77. The highest BCUT2D eigenvalue weighted by Crippen LogP contribution is 2.44. The number of amides is 2. The lowest BCUT2D eigenvalue weighted by atomic mass is 9.70. The van der Waals surface area contributed by atoms with Gasteiger partial charge in [0.2, 0.25) is 0 Å². The number of halogens is 3. The monoisotopic (exact) mass is 627 g/mol. The second kappa shape index (κ2) is 12.8. The molecule has 6 nitrogen and oxygen atoms in total. The number of piperidine rings is 2. The highest BCUT2D eigenvalue weighted by molar-refractivity contribution is 6.35. The van der Waals surface area contributed by atoms with Crippen LogP contribution in [0.3, 0.4) is 0 Å². The van der Waals surface area contributed by atoms with Gasteiger partial charge in [0.05, 0.1) is 38.6 Å². The molecule has 9 heteroatoms. The number of nitrogens with one attached hydrogen (secondary N) is 2. The summed E-state index contributed by atoms with van der Waals surface area (Å²) < 4.78 is 1.10. The summed E-state index contributed by atoms with van der Waals surface area (Å²) in [5.74, 6) is -0.486. The minimum atomic E-state index is -0.269. The molecular weight excluding hydrogens is 591 g/mol. The number of quaternary nitrogens is 1. The molecule has 0 bridgehead atoms. The molecule has 2 fully saturated rings. The molecule has 2 aliphatic heterocycles. The lowest BCUT2D eigenvalue weighted by Gasteiger charge is -2.49. The normalized spacial score (nSPS) is 17.6. The van der Waals surface area contributed by atoms with E-state index in [2.05, 4.69) is 29.6 Å². The number of likely N-dealkylation sites (tertiary alicyclic amines) is 1. The molecule has 2 aliphatic rings. The fourth-order valence-corrected chi connectivity index (χ4v) is 6.75. The van der Waals surface area contributed by atoms with Crippen LogP contribution in [-0.2, 0) is 6.42 Å². The third kappa shape index (κ3) is 7.41. The summed E-state index contributed by atoms with van der Waals surface area (Å²) in [5, 5.41) is 7.69. The van der Waals surface area contributed by atoms with Gasteiger partial charge in [-0.1, -0.05) is 46.9 Å². The fourth-order valence-electron chi connectivity index (χ4n) is 6.05. The molecule has 2 saturated heterocycles. The molecule has 2 amide bonds. The summed E-state index contributed by atoms with van der Waals surface area (Å²) in [6.45, 7) is 4.68. The first-order chi connectivity index (χ1) is 20.0. The largest absolute Gasteiger partial charge is 0.370 e. The van der Waals surface area contributed by atoms with Gasteiger partial charge in [0.1, 0.15) is 0 Å². The van der Waals surface area contributed by atoms with Crippen molar-refractivity contribution < 1.29 is 14.1 Å². The van der Waals surface area contributed by atoms with Crippen LogP contribution in [0, 0.1) is 5.41 Å². The first-order valence-electron chi connectivity index (χ1n) is 14.5. The van der Waals surface area contributed by atoms with Crippen molar-refractivity contribution >= 4 is 58.0 Å². The van der Waals surface area contributed by atoms with Gasteiger partial charge < -0.3 is 20.0 Å². The molecule has 5 rings (SSSR count). The van der Waals surface area contributed by atoms with Crippen molar-refractivity contribution in [2.45, 2.75) is 32.1 Å². The SMILES string of the molecule is C[N+]1(C)CCC2(CCN(c3ccc(C(=O)NCCc4ccc(Cl)cc4Cl)cc3NC(=O)c3cccc(Cl)c3)CC2)CC1. The molecule has 42 heavy (non-hydrogen) atoms. The summed E-state index contributed by atoms with van der Waals surface area (Å²) in [4.78, 5) is 28.8. The summed E-state index contributed by atoms with van der Waals surface area (Å²) >= 11 is 18.4. The second-order valence-electron chi connectivity index (χ2n) is 12.3. The van der Waals surface area contributed by atoms with E-state index in [1.54, 1.807) is 42.5 Å². The molecule has 0 radical (unpaired) electrons. The van der Waals surface area contributed by atoms with Crippen LogP contribution in [0.1, 0.15) is 52.0 Å². The lowest BCUT2D eigenvalue weighted by molar-refractivity contribution is -0.897. The smallest absolute Gasteiger partial charge is 0.255 e. The molecule has 0 aliphatic carbocycles. The van der Waals surface area contributed by atoms with E-state index in [4.69, 9.17) is 34.8 Å². The van der Waals surface area contributed by atoms with Crippen molar-refractivity contribution in [1.29, 1.82) is 0 Å². The Kier molecular flexibility index (Phi) is 9.38. The van der Waals surface area contributed by atoms with Gasteiger partial charge in [-0.2, -0.15) is 0 Å². The Balaban J connectivity index is 1.32. The summed E-state index contributed by atoms with van der Waals surface area (Å²) in [7, 11) is 4.64. The van der Waals surface area contributed by atoms with E-state index in [9.17, 15) is 9.59 Å². The Morgan fingerprint density at radius 3 is 2.21 bits per heavy atom. The van der Waals surface area contributed by atoms with Crippen LogP contribution in [0.25, 0.3) is 0 Å². The van der Waals surface area contributed by atoms with Crippen LogP contribution >= 0.6 is 34.8 Å². The zero-order chi connectivity index (χ0) is 29.9. The molecule has 3 aromatic carbocycles. The fraction of sp³-hybridized carbons (Fsp3) is 0.394. The maximum Gasteiger partial charge on any atom is 0.255 e. The summed E-state index contributed by atoms with van der Waals surface area (Å²) in [5.41, 5.74) is 3.80. The predicted molar refractivity (Wildman–Crippen MR) is 173 cm³/mol. The van der Waals surface area contributed by atoms with Crippen molar-refractivity contribution in [3.05, 3.63) is 92.4 Å². The van der Waals surface area contributed by atoms with Gasteiger partial charge in [0.25, 0.3) is 11.8 Å². The highest BCUT2D eigenvalue weighted by Gasteiger charge is 2.41. The Labute approximate surface area is 263 Å². The number of hydrogen-bond acceptors (Lipinski definition) is 3. The Bertz CT molecular complexity index is 1460. The Morgan fingerprint density at radius 1 is 0.833 bits per heavy atom. The van der Waals surface area contributed by atoms with Gasteiger partial charge in [-0.05, 0) is 78.8 Å². The minimum absolute atomic E-state index is 0.217. The molecule has 1 spiro atoms. The van der Waals surface area contributed by atoms with E-state index >= 15 is 0 Å². The minimum Gasteiger partial charge on any atom is -0.370 e. The molecule has 3 aromatic rings. The second-order valence-corrected chi connectivity index (χ2v) is 13.6. The van der Waals surface area contributed by atoms with Gasteiger partial charge >= 0.3 is 0 Å². The van der Waals surface area contributed by atoms with Crippen LogP contribution in [0.5, 0.6) is 0 Å². The van der Waals surface area contributed by atoms with Gasteiger partial charge in [-0.3, -0.25) is 9.59 Å². The number of carbonyl (C=O) groups is 2. The molecular formula is C33H38Cl3N4O2+. The zero-order valence-corrected chi connectivity index (χ0v) is 26.5. The highest BCUT2D eigenvalue weighted by atomic mass is 35.5. The van der Waals surface area contributed by atoms with Gasteiger partial charge in [0, 0.05) is 58.7 Å². The van der Waals surface area contributed by atoms with Crippen LogP contribution < -0.4 is 15.5 Å². The molecule has 0 atom stereocenters. The van der Waals surface area contributed by atoms with Crippen molar-refractivity contribution in [1.82, 2.24) is 5.32 Å². The first kappa shape index (κ1) is 30.7. The predicted octanol–water partition coefficient (Wildman–Crippen LogP) is 7.33. The quantitative estimate of drug-likeness (QED) is 0.270. The third-order valence-electron chi connectivity index (χ3n) is 8.95. The van der Waals surface area contributed by atoms with Gasteiger partial charge in [0.15, 0.2) is 0 Å². The third-order valence-corrected chi connectivity index (χ3v) is 9.77. The average molecular weight is 629 g/mol. The van der Waals surface area contributed by atoms with E-state index < -0.39 is 0 Å². The topological polar surface area (TPSA) is 61.4 Å². The van der Waals surface area contributed by atoms with Crippen LogP contribution in [0.15, 0.2) is 60.7 Å². The van der Waals surface area contributed by atoms with Gasteiger partial charge in [-0.15, -0.1) is 0 Å². The maximum absolute atomic E-state index is 13.3. The molecule has 222 valence electrons. The molecule has 2 heterocycles. The van der Waals surface area contributed by atoms with Crippen molar-refractivity contribution in [2.24, 2.45) is 5.41 Å². The summed E-state index contributed by atoms with van der Waals surface area (Å²) in [6.07, 6.45) is 5.34. The van der Waals surface area contributed by atoms with E-state index in [-0.39, 0.29) is 11.8 Å². The van der Waals surface area contributed by atoms with Crippen LogP contribution in [0.2, 0.25) is 15.1 Å². The number of carbonyl (C=O) groups excluding carboxylic acids is 2. The molecule has 0 saturated carbocycles. The van der Waals surface area contributed by atoms with Gasteiger partial charge in [-0.25, -0.2) is 0 Å². The van der Waals surface area contributed by atoms with Crippen molar-refractivity contribution in [2.75, 3.05) is 57.0 Å². The standard InChI is InChI=1S/C33H37Cl3N4O2/c1-40(2)18-13-33(14-19-40)11-16-39(17-12-33)30-9-7-25(21-29(30)38-32(42)24-4-3-5-26(34)20-24)31(41)37-15-10-23-6-8-27(35)22-28(23)36/h3-9,20-22H,10-19H2,1-2H3,(H-,37,38,41,42)/p+1. The molecule has 0 unspecified atom stereocenters. The van der Waals surface area contributed by atoms with E-state index in [0.29, 0.717) is 50.3 Å². The maximum atomic E-state index is 13.3.